The Morgan fingerprint density at radius 3 is 3.05 bits per heavy atom. The Labute approximate surface area is 121 Å². The molecule has 0 saturated carbocycles. The number of nitrogens with zero attached hydrogens (tertiary/aromatic N) is 1. The highest BCUT2D eigenvalue weighted by atomic mass is 16.5. The minimum absolute atomic E-state index is 0.238. The standard InChI is InChI=1S/C16H14N2O3/c1-19-10-6-7-12-14(8-10)21-16(18-12)15-9-17-11-4-2-3-5-13(11)20-15/h2-8,15,17H,9H2,1H3. The Balaban J connectivity index is 1.68. The number of oxazole rings is 1. The first-order chi connectivity index (χ1) is 10.3. The van der Waals surface area contributed by atoms with Gasteiger partial charge >= 0.3 is 0 Å². The van der Waals surface area contributed by atoms with Crippen LogP contribution in [0, 0.1) is 0 Å². The SMILES string of the molecule is COc1ccc2nc(C3CNc4ccccc4O3)oc2c1. The van der Waals surface area contributed by atoms with Crippen molar-refractivity contribution >= 4 is 16.8 Å². The monoisotopic (exact) mass is 282 g/mol. The number of methoxy groups -OCH3 is 1. The highest BCUT2D eigenvalue weighted by Gasteiger charge is 2.25. The molecule has 4 rings (SSSR count). The van der Waals surface area contributed by atoms with Crippen LogP contribution in [0.3, 0.4) is 0 Å². The molecular weight excluding hydrogens is 268 g/mol. The lowest BCUT2D eigenvalue weighted by Crippen LogP contribution is -2.23. The number of rotatable bonds is 2. The number of para-hydroxylation sites is 2. The van der Waals surface area contributed by atoms with Crippen molar-refractivity contribution in [1.29, 1.82) is 0 Å². The molecule has 2 heterocycles. The van der Waals surface area contributed by atoms with Gasteiger partial charge in [0, 0.05) is 6.07 Å². The third kappa shape index (κ3) is 2.07. The van der Waals surface area contributed by atoms with Crippen molar-refractivity contribution in [2.45, 2.75) is 6.10 Å². The van der Waals surface area contributed by atoms with Crippen molar-refractivity contribution in [1.82, 2.24) is 4.98 Å². The molecule has 1 aliphatic heterocycles. The fourth-order valence-corrected chi connectivity index (χ4v) is 2.44. The van der Waals surface area contributed by atoms with E-state index >= 15 is 0 Å². The van der Waals surface area contributed by atoms with E-state index in [0.717, 1.165) is 22.7 Å². The molecule has 0 radical (unpaired) electrons. The molecule has 1 aliphatic rings. The number of ether oxygens (including phenoxy) is 2. The minimum atomic E-state index is -0.238. The Kier molecular flexibility index (Phi) is 2.70. The average Bonchev–Trinajstić information content (AvgIpc) is 2.97. The summed E-state index contributed by atoms with van der Waals surface area (Å²) in [5.41, 5.74) is 2.49. The van der Waals surface area contributed by atoms with E-state index in [-0.39, 0.29) is 6.10 Å². The fraction of sp³-hybridized carbons (Fsp3) is 0.188. The lowest BCUT2D eigenvalue weighted by Gasteiger charge is -2.25. The predicted molar refractivity (Wildman–Crippen MR) is 78.9 cm³/mol. The van der Waals surface area contributed by atoms with Crippen LogP contribution in [0.4, 0.5) is 5.69 Å². The van der Waals surface area contributed by atoms with Gasteiger partial charge in [-0.2, -0.15) is 0 Å². The Hall–Kier alpha value is -2.69. The van der Waals surface area contributed by atoms with Crippen LogP contribution < -0.4 is 14.8 Å². The van der Waals surface area contributed by atoms with Crippen molar-refractivity contribution in [2.75, 3.05) is 19.0 Å². The number of hydrogen-bond donors (Lipinski definition) is 1. The summed E-state index contributed by atoms with van der Waals surface area (Å²) in [7, 11) is 1.63. The summed E-state index contributed by atoms with van der Waals surface area (Å²) in [4.78, 5) is 4.50. The second-order valence-corrected chi connectivity index (χ2v) is 4.87. The maximum absolute atomic E-state index is 5.95. The molecule has 1 unspecified atom stereocenters. The summed E-state index contributed by atoms with van der Waals surface area (Å²) < 4.78 is 17.0. The minimum Gasteiger partial charge on any atom is -0.497 e. The maximum atomic E-state index is 5.95. The summed E-state index contributed by atoms with van der Waals surface area (Å²) in [5, 5.41) is 3.33. The van der Waals surface area contributed by atoms with Crippen LogP contribution in [0.15, 0.2) is 46.9 Å². The van der Waals surface area contributed by atoms with Crippen LogP contribution in [0.1, 0.15) is 12.0 Å². The van der Waals surface area contributed by atoms with Crippen LogP contribution in [0.25, 0.3) is 11.1 Å². The first-order valence-electron chi connectivity index (χ1n) is 6.77. The van der Waals surface area contributed by atoms with Crippen LogP contribution in [0.2, 0.25) is 0 Å². The topological polar surface area (TPSA) is 56.5 Å². The zero-order chi connectivity index (χ0) is 14.2. The fourth-order valence-electron chi connectivity index (χ4n) is 2.44. The molecule has 3 aromatic rings. The van der Waals surface area contributed by atoms with Gasteiger partial charge in [0.1, 0.15) is 17.0 Å². The van der Waals surface area contributed by atoms with Crippen LogP contribution in [-0.2, 0) is 0 Å². The summed E-state index contributed by atoms with van der Waals surface area (Å²) in [6.45, 7) is 0.626. The van der Waals surface area contributed by atoms with E-state index in [4.69, 9.17) is 13.9 Å². The molecule has 1 atom stereocenters. The van der Waals surface area contributed by atoms with Crippen LogP contribution >= 0.6 is 0 Å². The largest absolute Gasteiger partial charge is 0.497 e. The molecule has 0 bridgehead atoms. The first-order valence-corrected chi connectivity index (χ1v) is 6.77. The summed E-state index contributed by atoms with van der Waals surface area (Å²) >= 11 is 0. The Bertz CT molecular complexity index is 797. The van der Waals surface area contributed by atoms with Gasteiger partial charge in [0.2, 0.25) is 5.89 Å². The highest BCUT2D eigenvalue weighted by Crippen LogP contribution is 2.34. The van der Waals surface area contributed by atoms with Gasteiger partial charge in [-0.05, 0) is 24.3 Å². The first kappa shape index (κ1) is 12.1. The molecule has 0 amide bonds. The van der Waals surface area contributed by atoms with Crippen LogP contribution in [-0.4, -0.2) is 18.6 Å². The van der Waals surface area contributed by atoms with E-state index in [9.17, 15) is 0 Å². The molecule has 2 aromatic carbocycles. The quantitative estimate of drug-likeness (QED) is 0.781. The molecule has 0 saturated heterocycles. The molecule has 106 valence electrons. The Morgan fingerprint density at radius 1 is 1.24 bits per heavy atom. The van der Waals surface area contributed by atoms with Gasteiger partial charge in [-0.15, -0.1) is 0 Å². The molecule has 5 nitrogen and oxygen atoms in total. The molecule has 1 aromatic heterocycles. The normalized spacial score (nSPS) is 16.9. The van der Waals surface area contributed by atoms with Gasteiger partial charge in [-0.1, -0.05) is 12.1 Å². The van der Waals surface area contributed by atoms with Gasteiger partial charge in [0.15, 0.2) is 11.7 Å². The third-order valence-electron chi connectivity index (χ3n) is 3.52. The van der Waals surface area contributed by atoms with Crippen LogP contribution in [0.5, 0.6) is 11.5 Å². The van der Waals surface area contributed by atoms with Gasteiger partial charge in [0.05, 0.1) is 19.3 Å². The number of fused-ring (bicyclic) bond motifs is 2. The summed E-state index contributed by atoms with van der Waals surface area (Å²) in [5.74, 6) is 2.13. The summed E-state index contributed by atoms with van der Waals surface area (Å²) in [6, 6.07) is 13.4. The van der Waals surface area contributed by atoms with E-state index in [0.29, 0.717) is 18.0 Å². The summed E-state index contributed by atoms with van der Waals surface area (Å²) in [6.07, 6.45) is -0.238. The number of nitrogens with one attached hydrogen (secondary N) is 1. The van der Waals surface area contributed by atoms with Gasteiger partial charge in [0.25, 0.3) is 0 Å². The number of aromatic nitrogens is 1. The molecule has 21 heavy (non-hydrogen) atoms. The highest BCUT2D eigenvalue weighted by molar-refractivity contribution is 5.74. The van der Waals surface area contributed by atoms with Gasteiger partial charge < -0.3 is 19.2 Å². The van der Waals surface area contributed by atoms with Crippen molar-refractivity contribution in [3.8, 4) is 11.5 Å². The number of benzene rings is 2. The van der Waals surface area contributed by atoms with Crippen molar-refractivity contribution < 1.29 is 13.9 Å². The molecular formula is C16H14N2O3. The number of anilines is 1. The lowest BCUT2D eigenvalue weighted by molar-refractivity contribution is 0.177. The molecule has 0 aliphatic carbocycles. The van der Waals surface area contributed by atoms with Gasteiger partial charge in [-0.3, -0.25) is 0 Å². The van der Waals surface area contributed by atoms with E-state index in [1.54, 1.807) is 7.11 Å². The third-order valence-corrected chi connectivity index (χ3v) is 3.52. The van der Waals surface area contributed by atoms with Crippen molar-refractivity contribution in [3.63, 3.8) is 0 Å². The van der Waals surface area contributed by atoms with Gasteiger partial charge in [-0.25, -0.2) is 4.98 Å². The second-order valence-electron chi connectivity index (χ2n) is 4.87. The van der Waals surface area contributed by atoms with Crippen molar-refractivity contribution in [3.05, 3.63) is 48.4 Å². The smallest absolute Gasteiger partial charge is 0.238 e. The second kappa shape index (κ2) is 4.70. The van der Waals surface area contributed by atoms with Crippen molar-refractivity contribution in [2.24, 2.45) is 0 Å². The average molecular weight is 282 g/mol. The molecule has 0 spiro atoms. The zero-order valence-corrected chi connectivity index (χ0v) is 11.5. The maximum Gasteiger partial charge on any atom is 0.238 e. The predicted octanol–water partition coefficient (Wildman–Crippen LogP) is 3.38. The van der Waals surface area contributed by atoms with E-state index < -0.39 is 0 Å². The number of hydrogen-bond acceptors (Lipinski definition) is 5. The molecule has 0 fully saturated rings. The van der Waals surface area contributed by atoms with E-state index in [1.165, 1.54) is 0 Å². The van der Waals surface area contributed by atoms with E-state index in [1.807, 2.05) is 42.5 Å². The molecule has 5 heteroatoms. The Morgan fingerprint density at radius 2 is 2.14 bits per heavy atom. The van der Waals surface area contributed by atoms with E-state index in [2.05, 4.69) is 10.3 Å². The zero-order valence-electron chi connectivity index (χ0n) is 11.5. The molecule has 1 N–H and O–H groups in total. The lowest BCUT2D eigenvalue weighted by atomic mass is 10.2.